The summed E-state index contributed by atoms with van der Waals surface area (Å²) in [6, 6.07) is 11.3. The second-order valence-corrected chi connectivity index (χ2v) is 7.46. The summed E-state index contributed by atoms with van der Waals surface area (Å²) < 4.78 is 40.2. The van der Waals surface area contributed by atoms with Gasteiger partial charge in [-0.25, -0.2) is 0 Å². The number of hydrogen-bond donors (Lipinski definition) is 1. The van der Waals surface area contributed by atoms with Crippen LogP contribution in [-0.2, 0) is 17.4 Å². The third kappa shape index (κ3) is 4.69. The molecule has 6 nitrogen and oxygen atoms in total. The second kappa shape index (κ2) is 9.30. The summed E-state index contributed by atoms with van der Waals surface area (Å²) in [4.78, 5) is 28.6. The number of alkyl halides is 3. The highest BCUT2D eigenvalue weighted by Gasteiger charge is 2.37. The van der Waals surface area contributed by atoms with Crippen molar-refractivity contribution < 1.29 is 22.8 Å². The first kappa shape index (κ1) is 23.1. The number of carbonyl (C=O) groups excluding carboxylic acids is 2. The molecule has 168 valence electrons. The molecule has 2 aromatic carbocycles. The van der Waals surface area contributed by atoms with E-state index in [1.807, 2.05) is 19.1 Å². The lowest BCUT2D eigenvalue weighted by atomic mass is 10.0. The second-order valence-electron chi connectivity index (χ2n) is 7.46. The van der Waals surface area contributed by atoms with E-state index >= 15 is 0 Å². The minimum absolute atomic E-state index is 0.0232. The van der Waals surface area contributed by atoms with E-state index in [0.29, 0.717) is 5.56 Å². The van der Waals surface area contributed by atoms with Crippen molar-refractivity contribution >= 4 is 17.5 Å². The number of piperazine rings is 1. The Balaban J connectivity index is 1.89. The number of anilines is 1. The van der Waals surface area contributed by atoms with Crippen LogP contribution in [0, 0.1) is 11.3 Å². The molecule has 1 heterocycles. The zero-order chi connectivity index (χ0) is 23.5. The van der Waals surface area contributed by atoms with E-state index in [1.165, 1.54) is 18.0 Å². The van der Waals surface area contributed by atoms with Crippen LogP contribution in [0.4, 0.5) is 18.9 Å². The van der Waals surface area contributed by atoms with Crippen molar-refractivity contribution in [2.75, 3.05) is 31.6 Å². The molecule has 0 spiro atoms. The lowest BCUT2D eigenvalue weighted by molar-refractivity contribution is -0.137. The number of nitrogens with one attached hydrogen (secondary N) is 1. The van der Waals surface area contributed by atoms with Gasteiger partial charge in [-0.05, 0) is 42.3 Å². The van der Waals surface area contributed by atoms with Crippen LogP contribution in [0.15, 0.2) is 42.5 Å². The van der Waals surface area contributed by atoms with E-state index in [0.717, 1.165) is 24.1 Å². The molecule has 0 aliphatic carbocycles. The van der Waals surface area contributed by atoms with Crippen molar-refractivity contribution in [1.82, 2.24) is 10.2 Å². The Hall–Kier alpha value is -3.54. The van der Waals surface area contributed by atoms with Gasteiger partial charge in [0.05, 0.1) is 23.7 Å². The van der Waals surface area contributed by atoms with Crippen LogP contribution in [0.25, 0.3) is 0 Å². The minimum atomic E-state index is -4.70. The standard InChI is InChI=1S/C23H23F3N4O2/c1-3-15-4-6-16(7-5-15)22(32)29-10-11-30(20(14-29)21(31)28-2)18-9-8-17(13-27)19(12-18)23(24,25)26/h4-9,12,20H,3,10-11,14H2,1-2H3,(H,28,31). The fourth-order valence-corrected chi connectivity index (χ4v) is 3.78. The van der Waals surface area contributed by atoms with Crippen LogP contribution in [0.3, 0.4) is 0 Å². The Morgan fingerprint density at radius 1 is 1.16 bits per heavy atom. The maximum Gasteiger partial charge on any atom is 0.417 e. The van der Waals surface area contributed by atoms with Gasteiger partial charge in [0.1, 0.15) is 6.04 Å². The van der Waals surface area contributed by atoms with Crippen LogP contribution in [0.2, 0.25) is 0 Å². The fraction of sp³-hybridized carbons (Fsp3) is 0.348. The maximum atomic E-state index is 13.4. The molecule has 2 aromatic rings. The van der Waals surface area contributed by atoms with Gasteiger partial charge < -0.3 is 15.1 Å². The molecule has 1 unspecified atom stereocenters. The predicted octanol–water partition coefficient (Wildman–Crippen LogP) is 3.22. The first-order chi connectivity index (χ1) is 15.2. The van der Waals surface area contributed by atoms with Gasteiger partial charge >= 0.3 is 6.18 Å². The Kier molecular flexibility index (Phi) is 6.72. The van der Waals surface area contributed by atoms with Crippen LogP contribution in [0.5, 0.6) is 0 Å². The van der Waals surface area contributed by atoms with Crippen molar-refractivity contribution in [3.05, 3.63) is 64.7 Å². The number of amides is 2. The van der Waals surface area contributed by atoms with E-state index in [9.17, 15) is 22.8 Å². The molecular weight excluding hydrogens is 421 g/mol. The first-order valence-electron chi connectivity index (χ1n) is 10.2. The van der Waals surface area contributed by atoms with Gasteiger partial charge in [-0.2, -0.15) is 18.4 Å². The van der Waals surface area contributed by atoms with Crippen molar-refractivity contribution in [2.24, 2.45) is 0 Å². The smallest absolute Gasteiger partial charge is 0.357 e. The van der Waals surface area contributed by atoms with Gasteiger partial charge in [-0.15, -0.1) is 0 Å². The number of rotatable bonds is 4. The van der Waals surface area contributed by atoms with Crippen molar-refractivity contribution in [1.29, 1.82) is 5.26 Å². The van der Waals surface area contributed by atoms with E-state index in [4.69, 9.17) is 5.26 Å². The Morgan fingerprint density at radius 3 is 2.41 bits per heavy atom. The zero-order valence-electron chi connectivity index (χ0n) is 17.7. The third-order valence-electron chi connectivity index (χ3n) is 5.59. The third-order valence-corrected chi connectivity index (χ3v) is 5.59. The molecule has 0 saturated carbocycles. The van der Waals surface area contributed by atoms with Crippen LogP contribution < -0.4 is 10.2 Å². The molecule has 0 radical (unpaired) electrons. The minimum Gasteiger partial charge on any atom is -0.357 e. The quantitative estimate of drug-likeness (QED) is 0.786. The number of halogens is 3. The van der Waals surface area contributed by atoms with Crippen molar-refractivity contribution in [2.45, 2.75) is 25.6 Å². The summed E-state index contributed by atoms with van der Waals surface area (Å²) in [7, 11) is 1.44. The van der Waals surface area contributed by atoms with E-state index in [1.54, 1.807) is 23.1 Å². The lowest BCUT2D eigenvalue weighted by Gasteiger charge is -2.42. The van der Waals surface area contributed by atoms with Gasteiger partial charge in [-0.3, -0.25) is 9.59 Å². The molecular formula is C23H23F3N4O2. The Labute approximate surface area is 184 Å². The molecule has 2 amide bonds. The van der Waals surface area contributed by atoms with Gasteiger partial charge in [0.25, 0.3) is 5.91 Å². The Morgan fingerprint density at radius 2 is 1.84 bits per heavy atom. The number of nitriles is 1. The summed E-state index contributed by atoms with van der Waals surface area (Å²) in [5.41, 5.74) is 0.217. The van der Waals surface area contributed by atoms with E-state index in [-0.39, 0.29) is 31.2 Å². The number of likely N-dealkylation sites (N-methyl/N-ethyl adjacent to an activating group) is 1. The predicted molar refractivity (Wildman–Crippen MR) is 113 cm³/mol. The molecule has 1 atom stereocenters. The number of hydrogen-bond acceptors (Lipinski definition) is 4. The molecule has 9 heteroatoms. The molecule has 1 aliphatic heterocycles. The highest BCUT2D eigenvalue weighted by atomic mass is 19.4. The summed E-state index contributed by atoms with van der Waals surface area (Å²) in [5, 5.41) is 11.5. The normalized spacial score (nSPS) is 16.4. The summed E-state index contributed by atoms with van der Waals surface area (Å²) in [6.45, 7) is 2.44. The van der Waals surface area contributed by atoms with Gasteiger partial charge in [-0.1, -0.05) is 19.1 Å². The number of nitrogens with zero attached hydrogens (tertiary/aromatic N) is 3. The summed E-state index contributed by atoms with van der Waals surface area (Å²) in [6.07, 6.45) is -3.86. The number of carbonyl (C=O) groups is 2. The summed E-state index contributed by atoms with van der Waals surface area (Å²) >= 11 is 0. The zero-order valence-corrected chi connectivity index (χ0v) is 17.7. The highest BCUT2D eigenvalue weighted by Crippen LogP contribution is 2.35. The first-order valence-corrected chi connectivity index (χ1v) is 10.2. The highest BCUT2D eigenvalue weighted by molar-refractivity contribution is 5.95. The average molecular weight is 444 g/mol. The molecule has 1 saturated heterocycles. The molecule has 32 heavy (non-hydrogen) atoms. The fourth-order valence-electron chi connectivity index (χ4n) is 3.78. The number of aryl methyl sites for hydroxylation is 1. The largest absolute Gasteiger partial charge is 0.417 e. The molecule has 0 bridgehead atoms. The molecule has 1 fully saturated rings. The maximum absolute atomic E-state index is 13.4. The number of benzene rings is 2. The van der Waals surface area contributed by atoms with E-state index in [2.05, 4.69) is 5.32 Å². The van der Waals surface area contributed by atoms with Gasteiger partial charge in [0.15, 0.2) is 0 Å². The van der Waals surface area contributed by atoms with Crippen LogP contribution in [0.1, 0.15) is 34.0 Å². The molecule has 0 aromatic heterocycles. The average Bonchev–Trinajstić information content (AvgIpc) is 2.81. The van der Waals surface area contributed by atoms with Gasteiger partial charge in [0.2, 0.25) is 5.91 Å². The SMILES string of the molecule is CCc1ccc(C(=O)N2CCN(c3ccc(C#N)c(C(F)(F)F)c3)C(C(=O)NC)C2)cc1. The lowest BCUT2D eigenvalue weighted by Crippen LogP contribution is -2.60. The summed E-state index contributed by atoms with van der Waals surface area (Å²) in [5.74, 6) is -0.654. The van der Waals surface area contributed by atoms with Crippen molar-refractivity contribution in [3.63, 3.8) is 0 Å². The molecule has 1 aliphatic rings. The van der Waals surface area contributed by atoms with Crippen molar-refractivity contribution in [3.8, 4) is 6.07 Å². The van der Waals surface area contributed by atoms with E-state index < -0.39 is 29.3 Å². The molecule has 3 rings (SSSR count). The topological polar surface area (TPSA) is 76.4 Å². The van der Waals surface area contributed by atoms with Gasteiger partial charge in [0, 0.05) is 31.4 Å². The van der Waals surface area contributed by atoms with Crippen LogP contribution >= 0.6 is 0 Å². The Bertz CT molecular complexity index is 1040. The monoisotopic (exact) mass is 444 g/mol. The van der Waals surface area contributed by atoms with Crippen LogP contribution in [-0.4, -0.2) is 49.4 Å². The molecule has 1 N–H and O–H groups in total.